The van der Waals surface area contributed by atoms with Gasteiger partial charge in [-0.3, -0.25) is 9.69 Å². The molecule has 3 rings (SSSR count). The normalized spacial score (nSPS) is 12.5. The van der Waals surface area contributed by atoms with Crippen LogP contribution in [0.15, 0.2) is 34.4 Å². The van der Waals surface area contributed by atoms with Gasteiger partial charge >= 0.3 is 0 Å². The van der Waals surface area contributed by atoms with E-state index in [0.29, 0.717) is 48.9 Å². The monoisotopic (exact) mass is 447 g/mol. The van der Waals surface area contributed by atoms with Crippen LogP contribution in [0.4, 0.5) is 0 Å². The van der Waals surface area contributed by atoms with Gasteiger partial charge in [0.25, 0.3) is 5.56 Å². The minimum absolute atomic E-state index is 0.173. The molecule has 31 heavy (non-hydrogen) atoms. The van der Waals surface area contributed by atoms with Gasteiger partial charge < -0.3 is 24.3 Å². The SMILES string of the molecule is CCOCC(O)CN(CCOC)Cc1nc2scc(-c3ccc(OC)cc3)c2c(=O)[nH]1. The Morgan fingerprint density at radius 2 is 2.03 bits per heavy atom. The molecule has 9 heteroatoms. The lowest BCUT2D eigenvalue weighted by atomic mass is 10.1. The molecule has 0 aliphatic carbocycles. The van der Waals surface area contributed by atoms with Gasteiger partial charge in [0.2, 0.25) is 0 Å². The van der Waals surface area contributed by atoms with Gasteiger partial charge in [0.1, 0.15) is 16.4 Å². The Balaban J connectivity index is 1.82. The van der Waals surface area contributed by atoms with Gasteiger partial charge in [-0.2, -0.15) is 0 Å². The van der Waals surface area contributed by atoms with Crippen LogP contribution in [0.25, 0.3) is 21.3 Å². The van der Waals surface area contributed by atoms with E-state index in [9.17, 15) is 9.90 Å². The number of methoxy groups -OCH3 is 2. The molecule has 1 aromatic carbocycles. The Labute approximate surface area is 185 Å². The molecule has 0 aliphatic heterocycles. The van der Waals surface area contributed by atoms with Gasteiger partial charge in [-0.25, -0.2) is 4.98 Å². The Hall–Kier alpha value is -2.30. The number of benzene rings is 1. The van der Waals surface area contributed by atoms with E-state index >= 15 is 0 Å². The summed E-state index contributed by atoms with van der Waals surface area (Å²) in [4.78, 5) is 23.2. The molecule has 1 unspecified atom stereocenters. The number of H-pyrrole nitrogens is 1. The summed E-state index contributed by atoms with van der Waals surface area (Å²) in [6.45, 7) is 4.60. The van der Waals surface area contributed by atoms with E-state index in [2.05, 4.69) is 9.97 Å². The molecular weight excluding hydrogens is 418 g/mol. The predicted octanol–water partition coefficient (Wildman–Crippen LogP) is 2.51. The maximum absolute atomic E-state index is 12.9. The van der Waals surface area contributed by atoms with Crippen molar-refractivity contribution in [1.82, 2.24) is 14.9 Å². The number of nitrogens with one attached hydrogen (secondary N) is 1. The third kappa shape index (κ3) is 6.11. The summed E-state index contributed by atoms with van der Waals surface area (Å²) in [6, 6.07) is 7.60. The van der Waals surface area contributed by atoms with Crippen LogP contribution in [0.2, 0.25) is 0 Å². The topological polar surface area (TPSA) is 96.9 Å². The molecule has 0 aliphatic rings. The lowest BCUT2D eigenvalue weighted by Crippen LogP contribution is -2.37. The van der Waals surface area contributed by atoms with Crippen molar-refractivity contribution in [1.29, 1.82) is 0 Å². The largest absolute Gasteiger partial charge is 0.497 e. The van der Waals surface area contributed by atoms with Crippen LogP contribution in [0, 0.1) is 0 Å². The molecule has 0 fully saturated rings. The lowest BCUT2D eigenvalue weighted by molar-refractivity contribution is 0.0144. The molecule has 0 saturated heterocycles. The fourth-order valence-electron chi connectivity index (χ4n) is 3.32. The fourth-order valence-corrected chi connectivity index (χ4v) is 4.29. The molecule has 3 aromatic rings. The van der Waals surface area contributed by atoms with E-state index in [1.54, 1.807) is 14.2 Å². The number of aromatic amines is 1. The summed E-state index contributed by atoms with van der Waals surface area (Å²) in [6.07, 6.45) is -0.629. The van der Waals surface area contributed by atoms with Gasteiger partial charge in [0.15, 0.2) is 0 Å². The summed E-state index contributed by atoms with van der Waals surface area (Å²) >= 11 is 1.44. The maximum atomic E-state index is 12.9. The first kappa shape index (κ1) is 23.4. The van der Waals surface area contributed by atoms with E-state index in [1.165, 1.54) is 11.3 Å². The summed E-state index contributed by atoms with van der Waals surface area (Å²) in [5, 5.41) is 12.7. The van der Waals surface area contributed by atoms with Crippen LogP contribution in [-0.4, -0.2) is 73.2 Å². The molecule has 0 saturated carbocycles. The lowest BCUT2D eigenvalue weighted by Gasteiger charge is -2.24. The summed E-state index contributed by atoms with van der Waals surface area (Å²) in [5.74, 6) is 1.32. The average molecular weight is 448 g/mol. The van der Waals surface area contributed by atoms with Crippen molar-refractivity contribution in [3.63, 3.8) is 0 Å². The molecule has 2 heterocycles. The quantitative estimate of drug-likeness (QED) is 0.440. The molecule has 2 N–H and O–H groups in total. The van der Waals surface area contributed by atoms with Crippen LogP contribution in [-0.2, 0) is 16.0 Å². The van der Waals surface area contributed by atoms with Crippen molar-refractivity contribution in [2.45, 2.75) is 19.6 Å². The minimum Gasteiger partial charge on any atom is -0.497 e. The highest BCUT2D eigenvalue weighted by molar-refractivity contribution is 7.17. The second kappa shape index (κ2) is 11.4. The number of aromatic nitrogens is 2. The molecule has 0 radical (unpaired) electrons. The van der Waals surface area contributed by atoms with Crippen molar-refractivity contribution in [3.05, 3.63) is 45.8 Å². The van der Waals surface area contributed by atoms with Gasteiger partial charge in [0.05, 0.1) is 38.4 Å². The number of aliphatic hydroxyl groups excluding tert-OH is 1. The zero-order valence-electron chi connectivity index (χ0n) is 18.1. The highest BCUT2D eigenvalue weighted by Crippen LogP contribution is 2.31. The zero-order valence-corrected chi connectivity index (χ0v) is 18.9. The van der Waals surface area contributed by atoms with E-state index in [0.717, 1.165) is 16.9 Å². The van der Waals surface area contributed by atoms with Crippen molar-refractivity contribution in [2.24, 2.45) is 0 Å². The van der Waals surface area contributed by atoms with Gasteiger partial charge in [-0.15, -0.1) is 11.3 Å². The third-order valence-electron chi connectivity index (χ3n) is 4.86. The summed E-state index contributed by atoms with van der Waals surface area (Å²) in [5.41, 5.74) is 1.62. The number of nitrogens with zero attached hydrogens (tertiary/aromatic N) is 2. The highest BCUT2D eigenvalue weighted by atomic mass is 32.1. The molecule has 168 valence electrons. The number of thiophene rings is 1. The number of hydrogen-bond acceptors (Lipinski definition) is 8. The van der Waals surface area contributed by atoms with E-state index in [1.807, 2.05) is 41.5 Å². The standard InChI is InChI=1S/C22H29N3O5S/c1-4-30-13-16(26)11-25(9-10-28-2)12-19-23-21(27)20-18(14-31-22(20)24-19)15-5-7-17(29-3)8-6-15/h5-8,14,16,26H,4,9-13H2,1-3H3,(H,23,24,27). The van der Waals surface area contributed by atoms with Gasteiger partial charge in [-0.1, -0.05) is 12.1 Å². The number of rotatable bonds is 12. The molecule has 8 nitrogen and oxygen atoms in total. The number of fused-ring (bicyclic) bond motifs is 1. The summed E-state index contributed by atoms with van der Waals surface area (Å²) < 4.78 is 15.7. The van der Waals surface area contributed by atoms with Crippen LogP contribution in [0.1, 0.15) is 12.7 Å². The van der Waals surface area contributed by atoms with Crippen LogP contribution >= 0.6 is 11.3 Å². The molecule has 1 atom stereocenters. The molecule has 0 amide bonds. The second-order valence-corrected chi connectivity index (χ2v) is 7.97. The molecule has 0 spiro atoms. The third-order valence-corrected chi connectivity index (χ3v) is 5.73. The van der Waals surface area contributed by atoms with E-state index < -0.39 is 6.10 Å². The number of aliphatic hydroxyl groups is 1. The van der Waals surface area contributed by atoms with Crippen molar-refractivity contribution < 1.29 is 19.3 Å². The smallest absolute Gasteiger partial charge is 0.260 e. The average Bonchev–Trinajstić information content (AvgIpc) is 3.20. The van der Waals surface area contributed by atoms with Gasteiger partial charge in [-0.05, 0) is 24.6 Å². The first-order valence-corrected chi connectivity index (χ1v) is 11.1. The van der Waals surface area contributed by atoms with E-state index in [4.69, 9.17) is 14.2 Å². The van der Waals surface area contributed by atoms with Crippen LogP contribution in [0.5, 0.6) is 5.75 Å². The van der Waals surface area contributed by atoms with Crippen molar-refractivity contribution in [3.8, 4) is 16.9 Å². The Morgan fingerprint density at radius 1 is 1.26 bits per heavy atom. The molecule has 2 aromatic heterocycles. The van der Waals surface area contributed by atoms with Crippen LogP contribution in [0.3, 0.4) is 0 Å². The summed E-state index contributed by atoms with van der Waals surface area (Å²) in [7, 11) is 3.25. The second-order valence-electron chi connectivity index (χ2n) is 7.11. The maximum Gasteiger partial charge on any atom is 0.260 e. The van der Waals surface area contributed by atoms with Crippen molar-refractivity contribution >= 4 is 21.6 Å². The number of ether oxygens (including phenoxy) is 3. The molecule has 0 bridgehead atoms. The Morgan fingerprint density at radius 3 is 2.71 bits per heavy atom. The Bertz CT molecular complexity index is 1020. The van der Waals surface area contributed by atoms with Crippen LogP contribution < -0.4 is 10.3 Å². The Kier molecular flexibility index (Phi) is 8.56. The first-order valence-electron chi connectivity index (χ1n) is 10.2. The fraction of sp³-hybridized carbons (Fsp3) is 0.455. The van der Waals surface area contributed by atoms with E-state index in [-0.39, 0.29) is 12.2 Å². The zero-order chi connectivity index (χ0) is 22.2. The predicted molar refractivity (Wildman–Crippen MR) is 122 cm³/mol. The molecular formula is C22H29N3O5S. The van der Waals surface area contributed by atoms with Crippen molar-refractivity contribution in [2.75, 3.05) is 47.1 Å². The highest BCUT2D eigenvalue weighted by Gasteiger charge is 2.17. The van der Waals surface area contributed by atoms with Gasteiger partial charge in [0, 0.05) is 37.7 Å². The number of hydrogen-bond donors (Lipinski definition) is 2. The minimum atomic E-state index is -0.629. The first-order chi connectivity index (χ1) is 15.0.